The highest BCUT2D eigenvalue weighted by Gasteiger charge is 2.09. The number of hydrogen-bond acceptors (Lipinski definition) is 6. The fourth-order valence-corrected chi connectivity index (χ4v) is 6.15. The van der Waals surface area contributed by atoms with Crippen LogP contribution < -0.4 is 0 Å². The highest BCUT2D eigenvalue weighted by Crippen LogP contribution is 2.15. The minimum absolute atomic E-state index is 0.0180. The quantitative estimate of drug-likeness (QED) is 0.0372. The molecule has 0 saturated heterocycles. The summed E-state index contributed by atoms with van der Waals surface area (Å²) in [7, 11) is 4.34. The molecule has 6 heteroatoms. The van der Waals surface area contributed by atoms with Gasteiger partial charge in [0.05, 0.1) is 13.2 Å². The van der Waals surface area contributed by atoms with Gasteiger partial charge in [-0.1, -0.05) is 101 Å². The third-order valence-electron chi connectivity index (χ3n) is 9.75. The van der Waals surface area contributed by atoms with Crippen molar-refractivity contribution in [3.63, 3.8) is 0 Å². The van der Waals surface area contributed by atoms with E-state index in [-0.39, 0.29) is 11.9 Å². The van der Waals surface area contributed by atoms with Crippen molar-refractivity contribution in [1.29, 1.82) is 0 Å². The molecule has 0 aromatic heterocycles. The van der Waals surface area contributed by atoms with Gasteiger partial charge in [-0.05, 0) is 131 Å². The van der Waals surface area contributed by atoms with Crippen LogP contribution in [0.5, 0.6) is 0 Å². The molecule has 50 heavy (non-hydrogen) atoms. The van der Waals surface area contributed by atoms with Gasteiger partial charge in [-0.25, -0.2) is 0 Å². The van der Waals surface area contributed by atoms with E-state index >= 15 is 0 Å². The number of nitrogens with zero attached hydrogens (tertiary/aromatic N) is 2. The van der Waals surface area contributed by atoms with Crippen LogP contribution in [-0.4, -0.2) is 75.2 Å². The number of unbranched alkanes of at least 4 members (excludes halogenated alkanes) is 12. The first kappa shape index (κ1) is 48.3. The third-order valence-corrected chi connectivity index (χ3v) is 9.75. The van der Waals surface area contributed by atoms with Crippen LogP contribution in [0.4, 0.5) is 0 Å². The van der Waals surface area contributed by atoms with Crippen molar-refractivity contribution in [2.75, 3.05) is 53.5 Å². The monoisotopic (exact) mass is 705 g/mol. The van der Waals surface area contributed by atoms with Crippen molar-refractivity contribution >= 4 is 11.9 Å². The van der Waals surface area contributed by atoms with E-state index in [0.717, 1.165) is 64.5 Å². The summed E-state index contributed by atoms with van der Waals surface area (Å²) in [6, 6.07) is 0. The number of esters is 2. The summed E-state index contributed by atoms with van der Waals surface area (Å²) in [5, 5.41) is 0. The molecule has 0 aliphatic heterocycles. The van der Waals surface area contributed by atoms with Gasteiger partial charge in [0.25, 0.3) is 0 Å². The summed E-state index contributed by atoms with van der Waals surface area (Å²) in [4.78, 5) is 29.1. The highest BCUT2D eigenvalue weighted by molar-refractivity contribution is 5.69. The van der Waals surface area contributed by atoms with Crippen LogP contribution in [0.15, 0.2) is 23.3 Å². The Kier molecular flexibility index (Phi) is 33.3. The van der Waals surface area contributed by atoms with Gasteiger partial charge < -0.3 is 19.3 Å². The van der Waals surface area contributed by atoms with Gasteiger partial charge in [0.15, 0.2) is 0 Å². The molecule has 0 N–H and O–H groups in total. The third kappa shape index (κ3) is 36.1. The van der Waals surface area contributed by atoms with Crippen molar-refractivity contribution in [2.24, 2.45) is 11.8 Å². The molecule has 0 radical (unpaired) electrons. The highest BCUT2D eigenvalue weighted by atomic mass is 16.5. The molecular weight excluding hydrogens is 620 g/mol. The summed E-state index contributed by atoms with van der Waals surface area (Å²) in [5.74, 6) is 1.16. The van der Waals surface area contributed by atoms with Gasteiger partial charge in [-0.15, -0.1) is 0 Å². The van der Waals surface area contributed by atoms with Crippen molar-refractivity contribution in [1.82, 2.24) is 9.80 Å². The molecule has 0 bridgehead atoms. The molecule has 0 spiro atoms. The maximum absolute atomic E-state index is 12.1. The maximum atomic E-state index is 12.1. The van der Waals surface area contributed by atoms with Crippen LogP contribution in [0.25, 0.3) is 0 Å². The minimum Gasteiger partial charge on any atom is -0.466 e. The molecule has 0 aliphatic rings. The summed E-state index contributed by atoms with van der Waals surface area (Å²) in [6.07, 6.45) is 29.1. The van der Waals surface area contributed by atoms with Crippen LogP contribution in [0, 0.1) is 11.8 Å². The SMILES string of the molecule is CC(C)=CCCC(C)CCOC(=O)CCCCCCCCCN(CCCCCCCCCC(=O)OCCC(C)CCC=C(C)C)CCN(C)C. The summed E-state index contributed by atoms with van der Waals surface area (Å²) in [5.41, 5.74) is 2.75. The van der Waals surface area contributed by atoms with Gasteiger partial charge in [-0.2, -0.15) is 0 Å². The second-order valence-corrected chi connectivity index (χ2v) is 16.0. The molecule has 0 aromatic rings. The van der Waals surface area contributed by atoms with Gasteiger partial charge in [0, 0.05) is 25.9 Å². The Balaban J connectivity index is 3.80. The first-order valence-corrected chi connectivity index (χ1v) is 20.9. The predicted octanol–water partition coefficient (Wildman–Crippen LogP) is 11.7. The summed E-state index contributed by atoms with van der Waals surface area (Å²) >= 11 is 0. The van der Waals surface area contributed by atoms with Crippen LogP contribution in [0.1, 0.15) is 183 Å². The van der Waals surface area contributed by atoms with Crippen molar-refractivity contribution in [3.8, 4) is 0 Å². The summed E-state index contributed by atoms with van der Waals surface area (Å²) in [6.45, 7) is 18.9. The average molecular weight is 705 g/mol. The lowest BCUT2D eigenvalue weighted by atomic mass is 10.0. The van der Waals surface area contributed by atoms with Gasteiger partial charge in [-0.3, -0.25) is 9.59 Å². The Morgan fingerprint density at radius 3 is 1.22 bits per heavy atom. The Morgan fingerprint density at radius 1 is 0.500 bits per heavy atom. The van der Waals surface area contributed by atoms with Crippen LogP contribution in [0.3, 0.4) is 0 Å². The zero-order valence-corrected chi connectivity index (χ0v) is 34.6. The van der Waals surface area contributed by atoms with E-state index in [2.05, 4.69) is 77.6 Å². The van der Waals surface area contributed by atoms with E-state index in [1.54, 1.807) is 0 Å². The molecular formula is C44H84N2O4. The van der Waals surface area contributed by atoms with Crippen molar-refractivity contribution in [2.45, 2.75) is 183 Å². The summed E-state index contributed by atoms with van der Waals surface area (Å²) < 4.78 is 10.9. The number of ether oxygens (including phenoxy) is 2. The van der Waals surface area contributed by atoms with E-state index in [4.69, 9.17) is 9.47 Å². The molecule has 2 atom stereocenters. The van der Waals surface area contributed by atoms with Gasteiger partial charge >= 0.3 is 11.9 Å². The van der Waals surface area contributed by atoms with E-state index in [1.807, 2.05) is 0 Å². The molecule has 0 fully saturated rings. The number of carbonyl (C=O) groups is 2. The zero-order valence-electron chi connectivity index (χ0n) is 34.6. The maximum Gasteiger partial charge on any atom is 0.305 e. The second kappa shape index (κ2) is 34.4. The minimum atomic E-state index is -0.0180. The smallest absolute Gasteiger partial charge is 0.305 e. The fraction of sp³-hybridized carbons (Fsp3) is 0.864. The van der Waals surface area contributed by atoms with Crippen LogP contribution in [-0.2, 0) is 19.1 Å². The Morgan fingerprint density at radius 2 is 0.860 bits per heavy atom. The average Bonchev–Trinajstić information content (AvgIpc) is 3.04. The second-order valence-electron chi connectivity index (χ2n) is 16.0. The van der Waals surface area contributed by atoms with E-state index < -0.39 is 0 Å². The number of likely N-dealkylation sites (N-methyl/N-ethyl adjacent to an activating group) is 1. The van der Waals surface area contributed by atoms with Crippen LogP contribution in [0.2, 0.25) is 0 Å². The molecule has 0 rings (SSSR count). The van der Waals surface area contributed by atoms with Gasteiger partial charge in [0.2, 0.25) is 0 Å². The number of rotatable bonds is 35. The largest absolute Gasteiger partial charge is 0.466 e. The lowest BCUT2D eigenvalue weighted by Crippen LogP contribution is -2.33. The predicted molar refractivity (Wildman–Crippen MR) is 216 cm³/mol. The lowest BCUT2D eigenvalue weighted by Gasteiger charge is -2.24. The van der Waals surface area contributed by atoms with Crippen molar-refractivity contribution < 1.29 is 19.1 Å². The normalized spacial score (nSPS) is 12.6. The Bertz CT molecular complexity index is 796. The topological polar surface area (TPSA) is 59.1 Å². The zero-order chi connectivity index (χ0) is 37.2. The molecule has 0 aromatic carbocycles. The van der Waals surface area contributed by atoms with Crippen LogP contribution >= 0.6 is 0 Å². The lowest BCUT2D eigenvalue weighted by molar-refractivity contribution is -0.145. The number of allylic oxidation sites excluding steroid dienone is 4. The van der Waals surface area contributed by atoms with Crippen molar-refractivity contribution in [3.05, 3.63) is 23.3 Å². The first-order valence-electron chi connectivity index (χ1n) is 20.9. The Labute approximate surface area is 311 Å². The number of carbonyl (C=O) groups excluding carboxylic acids is 2. The molecule has 2 unspecified atom stereocenters. The first-order chi connectivity index (χ1) is 24.0. The molecule has 294 valence electrons. The molecule has 6 nitrogen and oxygen atoms in total. The number of hydrogen-bond donors (Lipinski definition) is 0. The molecule has 0 aliphatic carbocycles. The standard InChI is InChI=1S/C44H84N2O4/c1-39(2)25-23-27-41(5)31-37-49-43(47)29-19-15-11-9-13-17-21-33-46(36-35-45(7)8)34-22-18-14-10-12-16-20-30-44(48)50-38-32-42(6)28-24-26-40(3)4/h25-26,41-42H,9-24,27-38H2,1-8H3. The fourth-order valence-electron chi connectivity index (χ4n) is 6.15. The Hall–Kier alpha value is -1.66. The molecule has 0 amide bonds. The van der Waals surface area contributed by atoms with E-state index in [9.17, 15) is 9.59 Å². The van der Waals surface area contributed by atoms with Gasteiger partial charge in [0.1, 0.15) is 0 Å². The van der Waals surface area contributed by atoms with E-state index in [1.165, 1.54) is 101 Å². The molecule has 0 heterocycles. The van der Waals surface area contributed by atoms with E-state index in [0.29, 0.717) is 37.9 Å². The molecule has 0 saturated carbocycles.